The SMILES string of the molecule is CCc1cccc(C)c1NC(=O)CN1CCC(N)CC1C. The molecule has 116 valence electrons. The molecule has 0 aromatic heterocycles. The highest BCUT2D eigenvalue weighted by molar-refractivity contribution is 5.93. The summed E-state index contributed by atoms with van der Waals surface area (Å²) in [5.41, 5.74) is 9.26. The Labute approximate surface area is 127 Å². The minimum absolute atomic E-state index is 0.0707. The third-order valence-electron chi connectivity index (χ3n) is 4.41. The maximum absolute atomic E-state index is 12.3. The number of rotatable bonds is 4. The summed E-state index contributed by atoms with van der Waals surface area (Å²) in [5.74, 6) is 0.0707. The van der Waals surface area contributed by atoms with E-state index in [9.17, 15) is 4.79 Å². The standard InChI is InChI=1S/C17H27N3O/c1-4-14-7-5-6-12(2)17(14)19-16(21)11-20-9-8-15(18)10-13(20)3/h5-7,13,15H,4,8-11,18H2,1-3H3,(H,19,21). The molecule has 0 bridgehead atoms. The second kappa shape index (κ2) is 7.05. The third-order valence-corrected chi connectivity index (χ3v) is 4.41. The van der Waals surface area contributed by atoms with Gasteiger partial charge in [-0.1, -0.05) is 25.1 Å². The van der Waals surface area contributed by atoms with Crippen LogP contribution in [-0.2, 0) is 11.2 Å². The molecule has 3 N–H and O–H groups in total. The molecule has 1 heterocycles. The van der Waals surface area contributed by atoms with E-state index in [0.29, 0.717) is 12.6 Å². The topological polar surface area (TPSA) is 58.4 Å². The first-order chi connectivity index (χ1) is 10.0. The van der Waals surface area contributed by atoms with Crippen molar-refractivity contribution in [3.05, 3.63) is 29.3 Å². The number of para-hydroxylation sites is 1. The molecule has 4 heteroatoms. The molecule has 1 aliphatic rings. The van der Waals surface area contributed by atoms with Crippen molar-refractivity contribution in [1.82, 2.24) is 4.90 Å². The minimum Gasteiger partial charge on any atom is -0.328 e. The molecule has 2 rings (SSSR count). The maximum Gasteiger partial charge on any atom is 0.238 e. The first kappa shape index (κ1) is 16.0. The van der Waals surface area contributed by atoms with Crippen LogP contribution in [0, 0.1) is 6.92 Å². The highest BCUT2D eigenvalue weighted by Gasteiger charge is 2.24. The fourth-order valence-corrected chi connectivity index (χ4v) is 3.06. The minimum atomic E-state index is 0.0707. The van der Waals surface area contributed by atoms with Gasteiger partial charge in [0.1, 0.15) is 0 Å². The number of nitrogens with two attached hydrogens (primary N) is 1. The zero-order valence-corrected chi connectivity index (χ0v) is 13.4. The predicted octanol–water partition coefficient (Wildman–Crippen LogP) is 2.31. The van der Waals surface area contributed by atoms with Crippen molar-refractivity contribution in [2.45, 2.75) is 52.1 Å². The average Bonchev–Trinajstić information content (AvgIpc) is 2.44. The Bertz CT molecular complexity index is 501. The van der Waals surface area contributed by atoms with Crippen LogP contribution in [0.1, 0.15) is 37.8 Å². The normalized spacial score (nSPS) is 23.0. The van der Waals surface area contributed by atoms with Crippen LogP contribution in [0.15, 0.2) is 18.2 Å². The Morgan fingerprint density at radius 1 is 1.48 bits per heavy atom. The summed E-state index contributed by atoms with van der Waals surface area (Å²) < 4.78 is 0. The van der Waals surface area contributed by atoms with Gasteiger partial charge in [-0.05, 0) is 44.2 Å². The summed E-state index contributed by atoms with van der Waals surface area (Å²) in [5, 5.41) is 3.10. The van der Waals surface area contributed by atoms with Crippen molar-refractivity contribution in [2.24, 2.45) is 5.73 Å². The average molecular weight is 289 g/mol. The van der Waals surface area contributed by atoms with Crippen LogP contribution < -0.4 is 11.1 Å². The molecule has 1 saturated heterocycles. The number of benzene rings is 1. The molecule has 1 amide bonds. The van der Waals surface area contributed by atoms with Crippen molar-refractivity contribution in [3.63, 3.8) is 0 Å². The molecule has 1 aromatic rings. The van der Waals surface area contributed by atoms with E-state index in [2.05, 4.69) is 30.1 Å². The van der Waals surface area contributed by atoms with E-state index in [-0.39, 0.29) is 11.9 Å². The number of amides is 1. The monoisotopic (exact) mass is 289 g/mol. The van der Waals surface area contributed by atoms with Gasteiger partial charge in [0.15, 0.2) is 0 Å². The van der Waals surface area contributed by atoms with E-state index < -0.39 is 0 Å². The van der Waals surface area contributed by atoms with Gasteiger partial charge in [-0.25, -0.2) is 0 Å². The van der Waals surface area contributed by atoms with Gasteiger partial charge < -0.3 is 11.1 Å². The number of nitrogens with zero attached hydrogens (tertiary/aromatic N) is 1. The Kier molecular flexibility index (Phi) is 5.37. The Morgan fingerprint density at radius 3 is 2.90 bits per heavy atom. The first-order valence-corrected chi connectivity index (χ1v) is 7.89. The van der Waals surface area contributed by atoms with Crippen LogP contribution in [0.3, 0.4) is 0 Å². The molecule has 2 atom stereocenters. The maximum atomic E-state index is 12.3. The molecule has 1 fully saturated rings. The molecule has 0 radical (unpaired) electrons. The zero-order chi connectivity index (χ0) is 15.4. The number of likely N-dealkylation sites (tertiary alicyclic amines) is 1. The molecule has 1 aromatic carbocycles. The Balaban J connectivity index is 1.99. The van der Waals surface area contributed by atoms with E-state index >= 15 is 0 Å². The van der Waals surface area contributed by atoms with E-state index in [4.69, 9.17) is 5.73 Å². The van der Waals surface area contributed by atoms with E-state index in [1.54, 1.807) is 0 Å². The summed E-state index contributed by atoms with van der Waals surface area (Å²) in [6.07, 6.45) is 2.87. The van der Waals surface area contributed by atoms with Crippen molar-refractivity contribution >= 4 is 11.6 Å². The van der Waals surface area contributed by atoms with Crippen molar-refractivity contribution in [2.75, 3.05) is 18.4 Å². The van der Waals surface area contributed by atoms with Crippen LogP contribution in [0.4, 0.5) is 5.69 Å². The number of anilines is 1. The highest BCUT2D eigenvalue weighted by Crippen LogP contribution is 2.21. The summed E-state index contributed by atoms with van der Waals surface area (Å²) in [4.78, 5) is 14.6. The lowest BCUT2D eigenvalue weighted by Crippen LogP contribution is -2.48. The Hall–Kier alpha value is -1.39. The highest BCUT2D eigenvalue weighted by atomic mass is 16.2. The number of hydrogen-bond donors (Lipinski definition) is 2. The quantitative estimate of drug-likeness (QED) is 0.894. The van der Waals surface area contributed by atoms with Gasteiger partial charge in [-0.3, -0.25) is 9.69 Å². The van der Waals surface area contributed by atoms with Gasteiger partial charge in [0.2, 0.25) is 5.91 Å². The van der Waals surface area contributed by atoms with Gasteiger partial charge >= 0.3 is 0 Å². The predicted molar refractivity (Wildman–Crippen MR) is 87.4 cm³/mol. The van der Waals surface area contributed by atoms with Crippen LogP contribution in [0.5, 0.6) is 0 Å². The second-order valence-electron chi connectivity index (χ2n) is 6.11. The smallest absolute Gasteiger partial charge is 0.238 e. The summed E-state index contributed by atoms with van der Waals surface area (Å²) >= 11 is 0. The van der Waals surface area contributed by atoms with Crippen molar-refractivity contribution in [3.8, 4) is 0 Å². The number of hydrogen-bond acceptors (Lipinski definition) is 3. The molecule has 0 spiro atoms. The molecule has 0 saturated carbocycles. The third kappa shape index (κ3) is 4.05. The van der Waals surface area contributed by atoms with E-state index in [1.807, 2.05) is 19.1 Å². The second-order valence-corrected chi connectivity index (χ2v) is 6.11. The van der Waals surface area contributed by atoms with Gasteiger partial charge in [0, 0.05) is 24.3 Å². The molecule has 4 nitrogen and oxygen atoms in total. The molecule has 1 aliphatic heterocycles. The largest absolute Gasteiger partial charge is 0.328 e. The summed E-state index contributed by atoms with van der Waals surface area (Å²) in [6.45, 7) is 7.66. The fraction of sp³-hybridized carbons (Fsp3) is 0.588. The van der Waals surface area contributed by atoms with Crippen molar-refractivity contribution in [1.29, 1.82) is 0 Å². The van der Waals surface area contributed by atoms with E-state index in [1.165, 1.54) is 5.56 Å². The number of aryl methyl sites for hydroxylation is 2. The molecule has 0 aliphatic carbocycles. The van der Waals surface area contributed by atoms with Gasteiger partial charge in [0.25, 0.3) is 0 Å². The number of nitrogens with one attached hydrogen (secondary N) is 1. The number of carbonyl (C=O) groups excluding carboxylic acids is 1. The molecule has 21 heavy (non-hydrogen) atoms. The first-order valence-electron chi connectivity index (χ1n) is 7.89. The zero-order valence-electron chi connectivity index (χ0n) is 13.4. The van der Waals surface area contributed by atoms with Gasteiger partial charge in [-0.15, -0.1) is 0 Å². The summed E-state index contributed by atoms with van der Waals surface area (Å²) in [6, 6.07) is 6.81. The van der Waals surface area contributed by atoms with E-state index in [0.717, 1.165) is 37.1 Å². The summed E-state index contributed by atoms with van der Waals surface area (Å²) in [7, 11) is 0. The van der Waals surface area contributed by atoms with Crippen LogP contribution in [0.2, 0.25) is 0 Å². The fourth-order valence-electron chi connectivity index (χ4n) is 3.06. The lowest BCUT2D eigenvalue weighted by molar-refractivity contribution is -0.118. The Morgan fingerprint density at radius 2 is 2.24 bits per heavy atom. The van der Waals surface area contributed by atoms with Gasteiger partial charge in [-0.2, -0.15) is 0 Å². The molecular weight excluding hydrogens is 262 g/mol. The molecular formula is C17H27N3O. The molecule has 2 unspecified atom stereocenters. The van der Waals surface area contributed by atoms with Crippen LogP contribution in [0.25, 0.3) is 0 Å². The lowest BCUT2D eigenvalue weighted by Gasteiger charge is -2.35. The number of piperidine rings is 1. The van der Waals surface area contributed by atoms with Crippen LogP contribution >= 0.6 is 0 Å². The van der Waals surface area contributed by atoms with Gasteiger partial charge in [0.05, 0.1) is 6.54 Å². The van der Waals surface area contributed by atoms with Crippen molar-refractivity contribution < 1.29 is 4.79 Å². The number of carbonyl (C=O) groups is 1. The van der Waals surface area contributed by atoms with Crippen LogP contribution in [-0.4, -0.2) is 36.0 Å². The lowest BCUT2D eigenvalue weighted by atomic mass is 9.99.